The van der Waals surface area contributed by atoms with Crippen LogP contribution in [0.15, 0.2) is 12.4 Å². The summed E-state index contributed by atoms with van der Waals surface area (Å²) in [6.45, 7) is 4.03. The summed E-state index contributed by atoms with van der Waals surface area (Å²) in [6, 6.07) is 0.257. The molecular weight excluding hydrogens is 252 g/mol. The monoisotopic (exact) mass is 266 g/mol. The van der Waals surface area contributed by atoms with Gasteiger partial charge in [0.15, 0.2) is 0 Å². The number of aromatic nitrogens is 4. The van der Waals surface area contributed by atoms with E-state index in [0.29, 0.717) is 15.8 Å². The molecule has 0 saturated carbocycles. The maximum Gasteiger partial charge on any atom is 0.286 e. The molecule has 2 rings (SSSR count). The van der Waals surface area contributed by atoms with Crippen molar-refractivity contribution in [3.05, 3.63) is 17.4 Å². The lowest BCUT2D eigenvalue weighted by molar-refractivity contribution is 0.102. The molecular formula is C10H14N6OS. The van der Waals surface area contributed by atoms with Gasteiger partial charge in [-0.1, -0.05) is 11.3 Å². The fraction of sp³-hybridized carbons (Fsp3) is 0.400. The van der Waals surface area contributed by atoms with E-state index in [1.54, 1.807) is 24.1 Å². The minimum Gasteiger partial charge on any atom is -0.363 e. The maximum atomic E-state index is 11.9. The average Bonchev–Trinajstić information content (AvgIpc) is 2.96. The summed E-state index contributed by atoms with van der Waals surface area (Å²) in [5, 5.41) is 18.2. The van der Waals surface area contributed by atoms with Gasteiger partial charge in [-0.2, -0.15) is 5.10 Å². The second-order valence-corrected chi connectivity index (χ2v) is 4.90. The highest BCUT2D eigenvalue weighted by Crippen LogP contribution is 2.16. The van der Waals surface area contributed by atoms with E-state index in [9.17, 15) is 4.79 Å². The summed E-state index contributed by atoms with van der Waals surface area (Å²) in [6.07, 6.45) is 3.39. The zero-order chi connectivity index (χ0) is 13.1. The van der Waals surface area contributed by atoms with E-state index in [4.69, 9.17) is 0 Å². The molecule has 96 valence electrons. The molecule has 0 fully saturated rings. The van der Waals surface area contributed by atoms with E-state index in [2.05, 4.69) is 25.9 Å². The maximum absolute atomic E-state index is 11.9. The van der Waals surface area contributed by atoms with Gasteiger partial charge in [-0.3, -0.25) is 9.48 Å². The third kappa shape index (κ3) is 2.65. The summed E-state index contributed by atoms with van der Waals surface area (Å²) < 4.78 is 1.77. The van der Waals surface area contributed by atoms with Crippen LogP contribution < -0.4 is 10.6 Å². The number of hydrogen-bond donors (Lipinski definition) is 2. The molecule has 2 N–H and O–H groups in total. The summed E-state index contributed by atoms with van der Waals surface area (Å²) in [7, 11) is 1.73. The lowest BCUT2D eigenvalue weighted by Crippen LogP contribution is -2.11. The largest absolute Gasteiger partial charge is 0.363 e. The van der Waals surface area contributed by atoms with Gasteiger partial charge in [0.1, 0.15) is 0 Å². The van der Waals surface area contributed by atoms with Gasteiger partial charge >= 0.3 is 0 Å². The Morgan fingerprint density at radius 1 is 1.44 bits per heavy atom. The molecule has 0 atom stereocenters. The molecule has 0 aliphatic carbocycles. The van der Waals surface area contributed by atoms with Crippen LogP contribution in [0, 0.1) is 0 Å². The smallest absolute Gasteiger partial charge is 0.286 e. The van der Waals surface area contributed by atoms with Crippen LogP contribution in [0.25, 0.3) is 0 Å². The summed E-state index contributed by atoms with van der Waals surface area (Å²) >= 11 is 1.20. The number of hydrogen-bond acceptors (Lipinski definition) is 6. The topological polar surface area (TPSA) is 84.7 Å². The summed E-state index contributed by atoms with van der Waals surface area (Å²) in [5.74, 6) is -0.280. The molecule has 2 aromatic rings. The van der Waals surface area contributed by atoms with E-state index in [1.807, 2.05) is 13.8 Å². The van der Waals surface area contributed by atoms with Gasteiger partial charge in [0.25, 0.3) is 5.91 Å². The van der Waals surface area contributed by atoms with Crippen LogP contribution in [0.3, 0.4) is 0 Å². The fourth-order valence-corrected chi connectivity index (χ4v) is 1.88. The van der Waals surface area contributed by atoms with Gasteiger partial charge in [0, 0.05) is 19.3 Å². The summed E-state index contributed by atoms with van der Waals surface area (Å²) in [5.41, 5.74) is 0.648. The molecule has 0 bridgehead atoms. The van der Waals surface area contributed by atoms with Crippen LogP contribution in [0.1, 0.15) is 29.7 Å². The Hall–Kier alpha value is -1.96. The molecule has 0 aliphatic heterocycles. The van der Waals surface area contributed by atoms with Crippen molar-refractivity contribution in [3.8, 4) is 0 Å². The van der Waals surface area contributed by atoms with Crippen molar-refractivity contribution < 1.29 is 4.79 Å². The molecule has 18 heavy (non-hydrogen) atoms. The highest BCUT2D eigenvalue weighted by Gasteiger charge is 2.13. The molecule has 0 spiro atoms. The summed E-state index contributed by atoms with van der Waals surface area (Å²) in [4.78, 5) is 11.9. The van der Waals surface area contributed by atoms with Crippen LogP contribution in [0.4, 0.5) is 10.8 Å². The zero-order valence-corrected chi connectivity index (χ0v) is 11.2. The van der Waals surface area contributed by atoms with Crippen molar-refractivity contribution in [3.63, 3.8) is 0 Å². The SMILES string of the molecule is CNc1nnc(C(=O)Nc2cnn(C(C)C)c2)s1. The first-order valence-electron chi connectivity index (χ1n) is 5.47. The second-order valence-electron chi connectivity index (χ2n) is 3.92. The van der Waals surface area contributed by atoms with Crippen LogP contribution in [0.2, 0.25) is 0 Å². The van der Waals surface area contributed by atoms with Crippen LogP contribution in [0.5, 0.6) is 0 Å². The van der Waals surface area contributed by atoms with E-state index in [0.717, 1.165) is 0 Å². The standard InChI is InChI=1S/C10H14N6OS/c1-6(2)16-5-7(4-12-16)13-8(17)9-14-15-10(11-3)18-9/h4-6H,1-3H3,(H,11,15)(H,13,17). The number of nitrogens with one attached hydrogen (secondary N) is 2. The second kappa shape index (κ2) is 5.13. The number of carbonyl (C=O) groups is 1. The minimum atomic E-state index is -0.280. The average molecular weight is 266 g/mol. The lowest BCUT2D eigenvalue weighted by Gasteiger charge is -2.03. The number of rotatable bonds is 4. The Morgan fingerprint density at radius 3 is 2.78 bits per heavy atom. The van der Waals surface area contributed by atoms with Crippen LogP contribution in [-0.4, -0.2) is 32.9 Å². The molecule has 0 unspecified atom stereocenters. The Kier molecular flexibility index (Phi) is 3.56. The number of amides is 1. The predicted octanol–water partition coefficient (Wildman–Crippen LogP) is 1.61. The van der Waals surface area contributed by atoms with Crippen molar-refractivity contribution in [2.75, 3.05) is 17.7 Å². The molecule has 1 amide bonds. The Morgan fingerprint density at radius 2 is 2.22 bits per heavy atom. The zero-order valence-electron chi connectivity index (χ0n) is 10.3. The first-order valence-corrected chi connectivity index (χ1v) is 6.28. The fourth-order valence-electron chi connectivity index (χ4n) is 1.29. The van der Waals surface area contributed by atoms with Gasteiger partial charge in [-0.15, -0.1) is 10.2 Å². The first-order chi connectivity index (χ1) is 8.60. The molecule has 0 aliphatic rings. The van der Waals surface area contributed by atoms with Crippen LogP contribution >= 0.6 is 11.3 Å². The molecule has 0 radical (unpaired) electrons. The molecule has 8 heteroatoms. The van der Waals surface area contributed by atoms with Gasteiger partial charge in [-0.25, -0.2) is 0 Å². The molecule has 2 heterocycles. The van der Waals surface area contributed by atoms with Gasteiger partial charge in [-0.05, 0) is 13.8 Å². The third-order valence-electron chi connectivity index (χ3n) is 2.22. The Balaban J connectivity index is 2.06. The third-order valence-corrected chi connectivity index (χ3v) is 3.16. The highest BCUT2D eigenvalue weighted by atomic mass is 32.1. The Labute approximate surface area is 108 Å². The van der Waals surface area contributed by atoms with Crippen molar-refractivity contribution >= 4 is 28.1 Å². The normalized spacial score (nSPS) is 10.7. The van der Waals surface area contributed by atoms with Gasteiger partial charge in [0.05, 0.1) is 11.9 Å². The van der Waals surface area contributed by atoms with Crippen molar-refractivity contribution in [2.24, 2.45) is 0 Å². The predicted molar refractivity (Wildman–Crippen MR) is 70.0 cm³/mol. The number of anilines is 2. The van der Waals surface area contributed by atoms with Gasteiger partial charge < -0.3 is 10.6 Å². The van der Waals surface area contributed by atoms with Crippen molar-refractivity contribution in [1.82, 2.24) is 20.0 Å². The molecule has 2 aromatic heterocycles. The van der Waals surface area contributed by atoms with E-state index in [1.165, 1.54) is 11.3 Å². The quantitative estimate of drug-likeness (QED) is 0.878. The number of nitrogens with zero attached hydrogens (tertiary/aromatic N) is 4. The van der Waals surface area contributed by atoms with Crippen molar-refractivity contribution in [1.29, 1.82) is 0 Å². The first kappa shape index (κ1) is 12.5. The molecule has 0 saturated heterocycles. The molecule has 0 aromatic carbocycles. The van der Waals surface area contributed by atoms with Gasteiger partial charge in [0.2, 0.25) is 10.1 Å². The van der Waals surface area contributed by atoms with E-state index >= 15 is 0 Å². The van der Waals surface area contributed by atoms with E-state index < -0.39 is 0 Å². The highest BCUT2D eigenvalue weighted by molar-refractivity contribution is 7.17. The number of carbonyl (C=O) groups excluding carboxylic acids is 1. The van der Waals surface area contributed by atoms with E-state index in [-0.39, 0.29) is 11.9 Å². The minimum absolute atomic E-state index is 0.257. The van der Waals surface area contributed by atoms with Crippen molar-refractivity contribution in [2.45, 2.75) is 19.9 Å². The lowest BCUT2D eigenvalue weighted by atomic mass is 10.4. The Bertz CT molecular complexity index is 546. The molecule has 7 nitrogen and oxygen atoms in total. The van der Waals surface area contributed by atoms with Crippen LogP contribution in [-0.2, 0) is 0 Å².